The van der Waals surface area contributed by atoms with Crippen LogP contribution in [0.1, 0.15) is 48.8 Å². The van der Waals surface area contributed by atoms with Gasteiger partial charge in [0.05, 0.1) is 11.4 Å². The van der Waals surface area contributed by atoms with Gasteiger partial charge in [0.1, 0.15) is 18.0 Å². The summed E-state index contributed by atoms with van der Waals surface area (Å²) in [7, 11) is 0. The predicted molar refractivity (Wildman–Crippen MR) is 113 cm³/mol. The Hall–Kier alpha value is -3.82. The summed E-state index contributed by atoms with van der Waals surface area (Å²) < 4.78 is 32.8. The molecule has 10 heteroatoms. The molecule has 0 unspecified atom stereocenters. The minimum atomic E-state index is -2.58. The fourth-order valence-electron chi connectivity index (χ4n) is 2.97. The van der Waals surface area contributed by atoms with Crippen LogP contribution in [0.3, 0.4) is 0 Å². The maximum atomic E-state index is 12.8. The fraction of sp³-hybridized carbons (Fsp3) is 0.273. The number of ether oxygens (including phenoxy) is 1. The van der Waals surface area contributed by atoms with E-state index in [2.05, 4.69) is 44.3 Å². The summed E-state index contributed by atoms with van der Waals surface area (Å²) in [6.45, 7) is 6.04. The quantitative estimate of drug-likeness (QED) is 0.421. The summed E-state index contributed by atoms with van der Waals surface area (Å²) in [5, 5.41) is 16.4. The number of aryl methyl sites for hydroxylation is 1. The minimum absolute atomic E-state index is 0.103. The number of aromatic nitrogens is 7. The Bertz CT molecular complexity index is 1190. The molecule has 8 nitrogen and oxygen atoms in total. The summed E-state index contributed by atoms with van der Waals surface area (Å²) in [6.07, 6.45) is -1.46. The third kappa shape index (κ3) is 4.58. The van der Waals surface area contributed by atoms with Crippen molar-refractivity contribution in [1.82, 2.24) is 35.2 Å². The molecule has 0 bridgehead atoms. The summed E-state index contributed by atoms with van der Waals surface area (Å²) in [6, 6.07) is 12.1. The monoisotopic (exact) mass is 437 g/mol. The molecular formula is C22H21F2N7O. The molecule has 4 aromatic heterocycles. The van der Waals surface area contributed by atoms with Crippen molar-refractivity contribution >= 4 is 0 Å². The van der Waals surface area contributed by atoms with E-state index in [4.69, 9.17) is 4.74 Å². The van der Waals surface area contributed by atoms with Gasteiger partial charge in [-0.25, -0.2) is 13.8 Å². The Labute approximate surface area is 183 Å². The van der Waals surface area contributed by atoms with E-state index < -0.39 is 6.43 Å². The van der Waals surface area contributed by atoms with Crippen LogP contribution in [0.5, 0.6) is 5.88 Å². The SMILES string of the molecule is Cc1nnn(-c2ccc(C(F)F)cn2)c1COc1ccc(-c2cccc(C(C)C)n2)nn1. The molecule has 0 saturated carbocycles. The first-order chi connectivity index (χ1) is 15.4. The average molecular weight is 437 g/mol. The number of rotatable bonds is 7. The lowest BCUT2D eigenvalue weighted by atomic mass is 10.1. The maximum absolute atomic E-state index is 12.8. The highest BCUT2D eigenvalue weighted by Gasteiger charge is 2.15. The van der Waals surface area contributed by atoms with Crippen molar-refractivity contribution in [2.45, 2.75) is 39.7 Å². The molecule has 4 rings (SSSR count). The van der Waals surface area contributed by atoms with Crippen molar-refractivity contribution in [1.29, 1.82) is 0 Å². The Balaban J connectivity index is 1.49. The number of hydrogen-bond acceptors (Lipinski definition) is 7. The highest BCUT2D eigenvalue weighted by molar-refractivity contribution is 5.53. The molecule has 0 aromatic carbocycles. The summed E-state index contributed by atoms with van der Waals surface area (Å²) in [4.78, 5) is 8.67. The lowest BCUT2D eigenvalue weighted by molar-refractivity contribution is 0.151. The van der Waals surface area contributed by atoms with Crippen LogP contribution >= 0.6 is 0 Å². The van der Waals surface area contributed by atoms with Gasteiger partial charge in [-0.3, -0.25) is 4.98 Å². The van der Waals surface area contributed by atoms with Crippen LogP contribution in [0.15, 0.2) is 48.7 Å². The van der Waals surface area contributed by atoms with Gasteiger partial charge in [-0.05, 0) is 43.2 Å². The largest absolute Gasteiger partial charge is 0.470 e. The van der Waals surface area contributed by atoms with Gasteiger partial charge >= 0.3 is 0 Å². The van der Waals surface area contributed by atoms with E-state index in [-0.39, 0.29) is 12.2 Å². The van der Waals surface area contributed by atoms with Crippen LogP contribution in [0.2, 0.25) is 0 Å². The maximum Gasteiger partial charge on any atom is 0.265 e. The van der Waals surface area contributed by atoms with Crippen LogP contribution < -0.4 is 4.74 Å². The molecule has 0 N–H and O–H groups in total. The second-order valence-electron chi connectivity index (χ2n) is 7.43. The standard InChI is InChI=1S/C22H21F2N7O/c1-13(2)16-5-4-6-17(26-16)18-8-10-21(29-28-18)32-12-19-14(3)27-30-31(19)20-9-7-15(11-25-20)22(23)24/h4-11,13,22H,12H2,1-3H3. The van der Waals surface area contributed by atoms with Crippen molar-refractivity contribution in [3.05, 3.63) is 71.3 Å². The fourth-order valence-corrected chi connectivity index (χ4v) is 2.97. The second-order valence-corrected chi connectivity index (χ2v) is 7.43. The molecule has 0 aliphatic rings. The lowest BCUT2D eigenvalue weighted by Gasteiger charge is -2.09. The molecule has 0 radical (unpaired) electrons. The van der Waals surface area contributed by atoms with Crippen LogP contribution in [-0.4, -0.2) is 35.2 Å². The zero-order chi connectivity index (χ0) is 22.7. The third-order valence-corrected chi connectivity index (χ3v) is 4.82. The first-order valence-electron chi connectivity index (χ1n) is 10.0. The Morgan fingerprint density at radius 2 is 1.81 bits per heavy atom. The molecule has 4 heterocycles. The van der Waals surface area contributed by atoms with Crippen molar-refractivity contribution in [3.63, 3.8) is 0 Å². The summed E-state index contributed by atoms with van der Waals surface area (Å²) in [5.41, 5.74) is 3.46. The normalized spacial score (nSPS) is 11.3. The minimum Gasteiger partial charge on any atom is -0.470 e. The van der Waals surface area contributed by atoms with E-state index in [9.17, 15) is 8.78 Å². The highest BCUT2D eigenvalue weighted by Crippen LogP contribution is 2.21. The van der Waals surface area contributed by atoms with Gasteiger partial charge < -0.3 is 4.74 Å². The van der Waals surface area contributed by atoms with Gasteiger partial charge in [0.25, 0.3) is 6.43 Å². The molecule has 0 fully saturated rings. The van der Waals surface area contributed by atoms with Gasteiger partial charge in [0.2, 0.25) is 5.88 Å². The molecule has 0 spiro atoms. The molecule has 0 aliphatic carbocycles. The molecule has 164 valence electrons. The topological polar surface area (TPSA) is 91.5 Å². The van der Waals surface area contributed by atoms with Gasteiger partial charge in [-0.2, -0.15) is 4.68 Å². The average Bonchev–Trinajstić information content (AvgIpc) is 3.18. The van der Waals surface area contributed by atoms with Crippen LogP contribution in [-0.2, 0) is 6.61 Å². The van der Waals surface area contributed by atoms with Crippen LogP contribution in [0.4, 0.5) is 8.78 Å². The number of halogens is 2. The van der Waals surface area contributed by atoms with Gasteiger partial charge in [-0.1, -0.05) is 25.1 Å². The van der Waals surface area contributed by atoms with Crippen molar-refractivity contribution in [3.8, 4) is 23.1 Å². The smallest absolute Gasteiger partial charge is 0.265 e. The predicted octanol–water partition coefficient (Wildman–Crippen LogP) is 4.46. The van der Waals surface area contributed by atoms with Gasteiger partial charge in [0.15, 0.2) is 5.82 Å². The number of nitrogens with zero attached hydrogens (tertiary/aromatic N) is 7. The number of alkyl halides is 2. The van der Waals surface area contributed by atoms with Crippen molar-refractivity contribution < 1.29 is 13.5 Å². The van der Waals surface area contributed by atoms with E-state index in [1.807, 2.05) is 18.2 Å². The van der Waals surface area contributed by atoms with E-state index in [0.29, 0.717) is 34.7 Å². The Kier molecular flexibility index (Phi) is 6.11. The Morgan fingerprint density at radius 1 is 0.969 bits per heavy atom. The first-order valence-corrected chi connectivity index (χ1v) is 10.0. The number of pyridine rings is 2. The zero-order valence-electron chi connectivity index (χ0n) is 17.8. The summed E-state index contributed by atoms with van der Waals surface area (Å²) >= 11 is 0. The number of hydrogen-bond donors (Lipinski definition) is 0. The van der Waals surface area contributed by atoms with E-state index >= 15 is 0 Å². The molecule has 0 saturated heterocycles. The van der Waals surface area contributed by atoms with E-state index in [0.717, 1.165) is 17.6 Å². The van der Waals surface area contributed by atoms with Crippen molar-refractivity contribution in [2.75, 3.05) is 0 Å². The molecule has 0 amide bonds. The van der Waals surface area contributed by atoms with E-state index in [1.165, 1.54) is 16.8 Å². The summed E-state index contributed by atoms with van der Waals surface area (Å²) in [5.74, 6) is 1.00. The molecular weight excluding hydrogens is 416 g/mol. The second kappa shape index (κ2) is 9.13. The molecule has 4 aromatic rings. The first kappa shape index (κ1) is 21.4. The third-order valence-electron chi connectivity index (χ3n) is 4.82. The Morgan fingerprint density at radius 3 is 2.47 bits per heavy atom. The van der Waals surface area contributed by atoms with Gasteiger partial charge in [-0.15, -0.1) is 15.3 Å². The van der Waals surface area contributed by atoms with E-state index in [1.54, 1.807) is 19.1 Å². The zero-order valence-corrected chi connectivity index (χ0v) is 17.8. The highest BCUT2D eigenvalue weighted by atomic mass is 19.3. The van der Waals surface area contributed by atoms with Crippen LogP contribution in [0.25, 0.3) is 17.2 Å². The molecule has 0 atom stereocenters. The molecule has 0 aliphatic heterocycles. The lowest BCUT2D eigenvalue weighted by Crippen LogP contribution is -2.09. The van der Waals surface area contributed by atoms with Crippen LogP contribution in [0, 0.1) is 6.92 Å². The van der Waals surface area contributed by atoms with Gasteiger partial charge in [0, 0.05) is 23.5 Å². The van der Waals surface area contributed by atoms with Crippen molar-refractivity contribution in [2.24, 2.45) is 0 Å². The molecule has 32 heavy (non-hydrogen) atoms.